The molecule has 1 N–H and O–H groups in total. The van der Waals surface area contributed by atoms with Crippen LogP contribution < -0.4 is 9.63 Å². The second-order valence-corrected chi connectivity index (χ2v) is 9.34. The molecule has 2 heterocycles. The van der Waals surface area contributed by atoms with Crippen LogP contribution in [-0.4, -0.2) is 44.3 Å². The molecule has 0 aromatic carbocycles. The summed E-state index contributed by atoms with van der Waals surface area (Å²) in [6.07, 6.45) is 2.85. The zero-order valence-corrected chi connectivity index (χ0v) is 17.2. The van der Waals surface area contributed by atoms with Crippen molar-refractivity contribution in [2.45, 2.75) is 32.6 Å². The van der Waals surface area contributed by atoms with Crippen LogP contribution in [0.4, 0.5) is 13.8 Å². The molecule has 1 fully saturated rings. The molecule has 1 aliphatic rings. The lowest BCUT2D eigenvalue weighted by Gasteiger charge is -2.19. The Hall–Kier alpha value is -1.94. The predicted molar refractivity (Wildman–Crippen MR) is 103 cm³/mol. The fraction of sp³-hybridized carbons (Fsp3) is 0.500. The molecule has 1 saturated carbocycles. The molecule has 2 atom stereocenters. The van der Waals surface area contributed by atoms with Gasteiger partial charge in [-0.1, -0.05) is 11.3 Å². The van der Waals surface area contributed by atoms with Gasteiger partial charge in [-0.15, -0.1) is 0 Å². The molecule has 0 bridgehead atoms. The van der Waals surface area contributed by atoms with Crippen molar-refractivity contribution in [3.63, 3.8) is 0 Å². The SMILES string of the molecule is CCN(C(=O)CCS(=O)CC1CC1(F)F)c1sc(-c2ccc[n+](O)c2)nc1C. The van der Waals surface area contributed by atoms with Gasteiger partial charge in [0.25, 0.3) is 5.92 Å². The molecule has 0 radical (unpaired) electrons. The first-order valence-corrected chi connectivity index (χ1v) is 11.2. The number of carbonyl (C=O) groups excluding carboxylic acids is 1. The summed E-state index contributed by atoms with van der Waals surface area (Å²) in [6.45, 7) is 4.06. The number of aromatic nitrogens is 2. The second-order valence-electron chi connectivity index (χ2n) is 6.74. The average molecular weight is 431 g/mol. The van der Waals surface area contributed by atoms with Crippen LogP contribution >= 0.6 is 11.3 Å². The standard InChI is InChI=1S/C18H22F2N3O3S2/c1-3-23(15(24)6-8-28(26)11-14-9-18(14,19)20)17-12(2)21-16(27-17)13-5-4-7-22(25)10-13/h4-5,7,10,14,25H,3,6,8-9,11H2,1-2H3/q+1. The number of aryl methyl sites for hydroxylation is 1. The first kappa shape index (κ1) is 20.8. The number of hydrogen-bond acceptors (Lipinski definition) is 5. The minimum Gasteiger partial charge on any atom is -0.303 e. The van der Waals surface area contributed by atoms with E-state index in [9.17, 15) is 23.0 Å². The van der Waals surface area contributed by atoms with Crippen LogP contribution in [0.1, 0.15) is 25.5 Å². The third-order valence-electron chi connectivity index (χ3n) is 4.55. The van der Waals surface area contributed by atoms with Crippen molar-refractivity contribution in [2.75, 3.05) is 23.0 Å². The molecule has 2 aromatic heterocycles. The average Bonchev–Trinajstić information content (AvgIpc) is 3.05. The summed E-state index contributed by atoms with van der Waals surface area (Å²) in [6, 6.07) is 3.50. The first-order valence-electron chi connectivity index (χ1n) is 8.92. The van der Waals surface area contributed by atoms with E-state index in [4.69, 9.17) is 0 Å². The Kier molecular flexibility index (Phi) is 6.09. The Morgan fingerprint density at radius 2 is 2.25 bits per heavy atom. The lowest BCUT2D eigenvalue weighted by molar-refractivity contribution is -0.904. The fourth-order valence-corrected chi connectivity index (χ4v) is 5.40. The fourth-order valence-electron chi connectivity index (χ4n) is 2.88. The molecule has 6 nitrogen and oxygen atoms in total. The number of hydrogen-bond donors (Lipinski definition) is 1. The summed E-state index contributed by atoms with van der Waals surface area (Å²) in [5.41, 5.74) is 1.40. The minimum absolute atomic E-state index is 0.0351. The molecule has 0 aliphatic heterocycles. The van der Waals surface area contributed by atoms with Crippen molar-refractivity contribution in [1.29, 1.82) is 0 Å². The Morgan fingerprint density at radius 3 is 2.86 bits per heavy atom. The largest absolute Gasteiger partial charge is 0.303 e. The van der Waals surface area contributed by atoms with Crippen LogP contribution in [0.2, 0.25) is 0 Å². The number of halogens is 2. The minimum atomic E-state index is -2.69. The van der Waals surface area contributed by atoms with Crippen LogP contribution in [0.25, 0.3) is 10.6 Å². The van der Waals surface area contributed by atoms with E-state index in [2.05, 4.69) is 4.98 Å². The van der Waals surface area contributed by atoms with Crippen LogP contribution in [0.5, 0.6) is 0 Å². The Labute approximate surface area is 168 Å². The maximum Gasteiger partial charge on any atom is 0.252 e. The lowest BCUT2D eigenvalue weighted by Crippen LogP contribution is -2.31. The monoisotopic (exact) mass is 430 g/mol. The zero-order valence-electron chi connectivity index (χ0n) is 15.6. The highest BCUT2D eigenvalue weighted by atomic mass is 32.2. The molecule has 152 valence electrons. The van der Waals surface area contributed by atoms with Gasteiger partial charge in [-0.2, -0.15) is 0 Å². The zero-order chi connectivity index (χ0) is 20.5. The van der Waals surface area contributed by atoms with Gasteiger partial charge >= 0.3 is 0 Å². The maximum absolute atomic E-state index is 12.9. The van der Waals surface area contributed by atoms with Gasteiger partial charge in [-0.25, -0.2) is 13.8 Å². The Morgan fingerprint density at radius 1 is 1.54 bits per heavy atom. The van der Waals surface area contributed by atoms with Crippen LogP contribution in [-0.2, 0) is 15.6 Å². The Bertz CT molecular complexity index is 904. The molecule has 1 amide bonds. The van der Waals surface area contributed by atoms with Crippen LogP contribution in [0, 0.1) is 12.8 Å². The number of alkyl halides is 2. The van der Waals surface area contributed by atoms with Crippen molar-refractivity contribution in [1.82, 2.24) is 4.98 Å². The van der Waals surface area contributed by atoms with E-state index >= 15 is 0 Å². The van der Waals surface area contributed by atoms with Gasteiger partial charge in [0, 0.05) is 58.4 Å². The molecule has 1 aliphatic carbocycles. The molecular formula is C18H22F2N3O3S2+. The van der Waals surface area contributed by atoms with Gasteiger partial charge in [0.2, 0.25) is 18.3 Å². The highest BCUT2D eigenvalue weighted by molar-refractivity contribution is 7.85. The summed E-state index contributed by atoms with van der Waals surface area (Å²) in [7, 11) is -1.43. The quantitative estimate of drug-likeness (QED) is 0.516. The summed E-state index contributed by atoms with van der Waals surface area (Å²) in [5.74, 6) is -3.67. The summed E-state index contributed by atoms with van der Waals surface area (Å²) < 4.78 is 38.8. The van der Waals surface area contributed by atoms with Crippen LogP contribution in [0.15, 0.2) is 24.5 Å². The first-order chi connectivity index (χ1) is 13.2. The molecule has 2 aromatic rings. The third kappa shape index (κ3) is 4.72. The maximum atomic E-state index is 12.9. The van der Waals surface area contributed by atoms with E-state index in [-0.39, 0.29) is 30.3 Å². The molecule has 10 heteroatoms. The highest BCUT2D eigenvalue weighted by Crippen LogP contribution is 2.48. The Balaban J connectivity index is 1.65. The molecular weight excluding hydrogens is 408 g/mol. The van der Waals surface area contributed by atoms with Gasteiger partial charge in [0.15, 0.2) is 0 Å². The van der Waals surface area contributed by atoms with Gasteiger partial charge < -0.3 is 4.90 Å². The van der Waals surface area contributed by atoms with Gasteiger partial charge in [-0.3, -0.25) is 14.2 Å². The van der Waals surface area contributed by atoms with E-state index in [0.717, 1.165) is 10.3 Å². The van der Waals surface area contributed by atoms with E-state index in [0.29, 0.717) is 22.2 Å². The second kappa shape index (κ2) is 8.20. The molecule has 28 heavy (non-hydrogen) atoms. The number of thiazole rings is 1. The molecule has 0 saturated heterocycles. The van der Waals surface area contributed by atoms with Crippen molar-refractivity contribution in [2.24, 2.45) is 5.92 Å². The number of nitrogens with zero attached hydrogens (tertiary/aromatic N) is 3. The highest BCUT2D eigenvalue weighted by Gasteiger charge is 2.57. The van der Waals surface area contributed by atoms with Gasteiger partial charge in [0.05, 0.1) is 11.3 Å². The van der Waals surface area contributed by atoms with E-state index in [1.165, 1.54) is 23.7 Å². The van der Waals surface area contributed by atoms with E-state index in [1.807, 2.05) is 13.0 Å². The number of amides is 1. The number of rotatable bonds is 8. The predicted octanol–water partition coefficient (Wildman–Crippen LogP) is 2.79. The smallest absolute Gasteiger partial charge is 0.252 e. The summed E-state index contributed by atoms with van der Waals surface area (Å²) in [5, 5.41) is 10.9. The number of pyridine rings is 1. The molecule has 3 rings (SSSR count). The summed E-state index contributed by atoms with van der Waals surface area (Å²) >= 11 is 1.33. The summed E-state index contributed by atoms with van der Waals surface area (Å²) in [4.78, 5) is 18.7. The van der Waals surface area contributed by atoms with Crippen molar-refractivity contribution in [3.8, 4) is 10.6 Å². The normalized spacial score (nSPS) is 18.6. The number of carbonyl (C=O) groups is 1. The lowest BCUT2D eigenvalue weighted by atomic mass is 10.3. The van der Waals surface area contributed by atoms with Crippen molar-refractivity contribution < 1.29 is 27.7 Å². The topological polar surface area (TPSA) is 74.4 Å². The van der Waals surface area contributed by atoms with Gasteiger partial charge in [-0.05, 0) is 19.9 Å². The van der Waals surface area contributed by atoms with Gasteiger partial charge in [0.1, 0.15) is 10.0 Å². The molecule has 0 spiro atoms. The number of anilines is 1. The van der Waals surface area contributed by atoms with Crippen LogP contribution in [0.3, 0.4) is 0 Å². The van der Waals surface area contributed by atoms with E-state index < -0.39 is 22.6 Å². The third-order valence-corrected chi connectivity index (χ3v) is 7.22. The molecule has 2 unspecified atom stereocenters. The van der Waals surface area contributed by atoms with Crippen molar-refractivity contribution >= 4 is 33.0 Å². The van der Waals surface area contributed by atoms with E-state index in [1.54, 1.807) is 17.9 Å². The van der Waals surface area contributed by atoms with Crippen molar-refractivity contribution in [3.05, 3.63) is 30.2 Å².